The average molecular weight is 822 g/mol. The fourth-order valence-electron chi connectivity index (χ4n) is 6.53. The maximum absolute atomic E-state index is 13.9. The fourth-order valence-corrected chi connectivity index (χ4v) is 6.53. The highest BCUT2D eigenvalue weighted by Crippen LogP contribution is 2.16. The maximum Gasteiger partial charge on any atom is 0.329 e. The maximum atomic E-state index is 13.9. The molecule has 0 spiro atoms. The van der Waals surface area contributed by atoms with E-state index in [-0.39, 0.29) is 67.8 Å². The summed E-state index contributed by atoms with van der Waals surface area (Å²) < 4.78 is 5.52. The van der Waals surface area contributed by atoms with Gasteiger partial charge in [-0.15, -0.1) is 0 Å². The molecule has 0 aliphatic heterocycles. The molecule has 0 heterocycles. The van der Waals surface area contributed by atoms with Crippen LogP contribution in [0.4, 0.5) is 0 Å². The zero-order valence-electron chi connectivity index (χ0n) is 36.9. The van der Waals surface area contributed by atoms with Gasteiger partial charge in [0, 0.05) is 12.8 Å². The Bertz CT molecular complexity index is 1620. The molecular weight excluding hydrogens is 751 g/mol. The minimum Gasteiger partial charge on any atom is -0.459 e. The molecule has 5 amide bonds. The van der Waals surface area contributed by atoms with Gasteiger partial charge in [0.05, 0.1) is 12.1 Å². The highest BCUT2D eigenvalue weighted by Gasteiger charge is 2.34. The van der Waals surface area contributed by atoms with Gasteiger partial charge in [0.2, 0.25) is 29.5 Å². The average Bonchev–Trinajstić information content (AvgIpc) is 3.18. The van der Waals surface area contributed by atoms with Crippen molar-refractivity contribution in [2.24, 2.45) is 29.6 Å². The van der Waals surface area contributed by atoms with E-state index in [4.69, 9.17) is 4.74 Å². The van der Waals surface area contributed by atoms with E-state index in [2.05, 4.69) is 26.6 Å². The first-order valence-corrected chi connectivity index (χ1v) is 21.2. The topological polar surface area (TPSA) is 192 Å². The molecule has 59 heavy (non-hydrogen) atoms. The molecule has 2 unspecified atom stereocenters. The quantitative estimate of drug-likeness (QED) is 0.0755. The minimum atomic E-state index is -1.18. The van der Waals surface area contributed by atoms with E-state index in [1.165, 1.54) is 0 Å². The summed E-state index contributed by atoms with van der Waals surface area (Å²) >= 11 is 0. The summed E-state index contributed by atoms with van der Waals surface area (Å²) in [6, 6.07) is 14.0. The number of nitrogens with one attached hydrogen (secondary N) is 5. The molecule has 0 radical (unpaired) electrons. The van der Waals surface area contributed by atoms with Crippen LogP contribution < -0.4 is 26.6 Å². The van der Waals surface area contributed by atoms with Crippen molar-refractivity contribution in [2.45, 2.75) is 151 Å². The molecule has 13 nitrogen and oxygen atoms in total. The van der Waals surface area contributed by atoms with Crippen LogP contribution in [0.5, 0.6) is 0 Å². The summed E-state index contributed by atoms with van der Waals surface area (Å²) in [6.07, 6.45) is 0.0692. The molecule has 328 valence electrons. The molecule has 7 atom stereocenters. The van der Waals surface area contributed by atoms with E-state index in [0.29, 0.717) is 12.8 Å². The zero-order chi connectivity index (χ0) is 44.2. The smallest absolute Gasteiger partial charge is 0.329 e. The number of hydrogen-bond acceptors (Lipinski definition) is 8. The van der Waals surface area contributed by atoms with Crippen LogP contribution in [0.2, 0.25) is 0 Å². The lowest BCUT2D eigenvalue weighted by Gasteiger charge is -2.30. The van der Waals surface area contributed by atoms with Crippen molar-refractivity contribution in [3.8, 4) is 0 Å². The molecule has 0 aliphatic carbocycles. The number of ether oxygens (including phenoxy) is 1. The third-order valence-electron chi connectivity index (χ3n) is 10.2. The zero-order valence-corrected chi connectivity index (χ0v) is 36.9. The van der Waals surface area contributed by atoms with E-state index < -0.39 is 65.9 Å². The highest BCUT2D eigenvalue weighted by molar-refractivity contribution is 5.93. The number of carbonyl (C=O) groups is 6. The monoisotopic (exact) mass is 822 g/mol. The lowest BCUT2D eigenvalue weighted by atomic mass is 9.95. The summed E-state index contributed by atoms with van der Waals surface area (Å²) in [4.78, 5) is 80.3. The van der Waals surface area contributed by atoms with Crippen molar-refractivity contribution >= 4 is 35.5 Å². The number of esters is 1. The van der Waals surface area contributed by atoms with Crippen LogP contribution in [0.3, 0.4) is 0 Å². The highest BCUT2D eigenvalue weighted by atomic mass is 16.5. The Morgan fingerprint density at radius 2 is 1.15 bits per heavy atom. The molecule has 0 saturated heterocycles. The number of benzene rings is 2. The van der Waals surface area contributed by atoms with Crippen LogP contribution in [-0.2, 0) is 46.5 Å². The Hall–Kier alpha value is -4.78. The fraction of sp³-hybridized carbons (Fsp3) is 0.609. The number of aliphatic hydroxyl groups excluding tert-OH is 1. The first kappa shape index (κ1) is 50.4. The standard InChI is InChI=1S/C46H71N5O8/c1-11-32(10)42(45(57)51-41(31(8)9)46(58)59-27-34-20-16-13-17-21-34)49-38(53)23-22-37(52)35(26-33-18-14-12-15-19-33)48-44(56)40(30(6)7)50-43(55)36(24-28(2)3)47-39(54)25-29(4)5/h12-21,28-32,35-37,40-42,52H,11,22-27H2,1-10H3,(H,47,54)(H,48,56)(H,49,53)(H,50,55)(H,51,57)/t32-,35?,36-,37?,40-,41-,42-/m0/s1. The van der Waals surface area contributed by atoms with Gasteiger partial charge in [0.25, 0.3) is 0 Å². The molecule has 13 heteroatoms. The summed E-state index contributed by atoms with van der Waals surface area (Å²) in [5.74, 6) is -3.50. The number of amides is 5. The van der Waals surface area contributed by atoms with E-state index in [1.807, 2.05) is 102 Å². The summed E-state index contributed by atoms with van der Waals surface area (Å²) in [5, 5.41) is 25.8. The van der Waals surface area contributed by atoms with E-state index in [9.17, 15) is 33.9 Å². The van der Waals surface area contributed by atoms with Gasteiger partial charge in [-0.25, -0.2) is 4.79 Å². The molecule has 2 aromatic rings. The van der Waals surface area contributed by atoms with Crippen molar-refractivity contribution in [3.63, 3.8) is 0 Å². The Kier molecular flexibility index (Phi) is 21.9. The predicted molar refractivity (Wildman–Crippen MR) is 229 cm³/mol. The Morgan fingerprint density at radius 1 is 0.610 bits per heavy atom. The summed E-state index contributed by atoms with van der Waals surface area (Å²) in [7, 11) is 0. The largest absolute Gasteiger partial charge is 0.459 e. The second-order valence-electron chi connectivity index (χ2n) is 17.2. The first-order valence-electron chi connectivity index (χ1n) is 21.2. The van der Waals surface area contributed by atoms with Gasteiger partial charge >= 0.3 is 5.97 Å². The van der Waals surface area contributed by atoms with Crippen LogP contribution >= 0.6 is 0 Å². The van der Waals surface area contributed by atoms with E-state index in [1.54, 1.807) is 27.7 Å². The van der Waals surface area contributed by atoms with Gasteiger partial charge in [-0.05, 0) is 60.0 Å². The molecule has 0 saturated carbocycles. The number of rotatable bonds is 25. The lowest BCUT2D eigenvalue weighted by Crippen LogP contribution is -2.58. The minimum absolute atomic E-state index is 0.0457. The summed E-state index contributed by atoms with van der Waals surface area (Å²) in [6.45, 7) is 18.7. The number of aliphatic hydroxyl groups is 1. The van der Waals surface area contributed by atoms with Gasteiger partial charge in [0.1, 0.15) is 30.8 Å². The van der Waals surface area contributed by atoms with Gasteiger partial charge in [-0.2, -0.15) is 0 Å². The van der Waals surface area contributed by atoms with Gasteiger partial charge in [-0.1, -0.05) is 136 Å². The van der Waals surface area contributed by atoms with Crippen molar-refractivity contribution < 1.29 is 38.6 Å². The Labute approximate surface area is 352 Å². The molecule has 6 N–H and O–H groups in total. The normalized spacial score (nSPS) is 15.0. The van der Waals surface area contributed by atoms with Crippen LogP contribution in [0, 0.1) is 29.6 Å². The van der Waals surface area contributed by atoms with Crippen LogP contribution in [0.15, 0.2) is 60.7 Å². The van der Waals surface area contributed by atoms with Gasteiger partial charge in [0.15, 0.2) is 0 Å². The third kappa shape index (κ3) is 18.4. The SMILES string of the molecule is CC[C@H](C)[C@H](NC(=O)CCC(O)C(Cc1ccccc1)NC(=O)[C@@H](NC(=O)[C@H](CC(C)C)NC(=O)CC(C)C)C(C)C)C(=O)N[C@H](C(=O)OCc1ccccc1)C(C)C. The molecule has 0 bridgehead atoms. The number of hydrogen-bond donors (Lipinski definition) is 6. The first-order chi connectivity index (χ1) is 27.8. The molecule has 2 aromatic carbocycles. The predicted octanol–water partition coefficient (Wildman–Crippen LogP) is 4.99. The second-order valence-corrected chi connectivity index (χ2v) is 17.2. The lowest BCUT2D eigenvalue weighted by molar-refractivity contribution is -0.150. The second kappa shape index (κ2) is 25.6. The third-order valence-corrected chi connectivity index (χ3v) is 10.2. The van der Waals surface area contributed by atoms with Gasteiger partial charge in [-0.3, -0.25) is 24.0 Å². The number of carbonyl (C=O) groups excluding carboxylic acids is 6. The van der Waals surface area contributed by atoms with Crippen LogP contribution in [0.1, 0.15) is 112 Å². The van der Waals surface area contributed by atoms with Gasteiger partial charge < -0.3 is 36.4 Å². The molecule has 0 aromatic heterocycles. The molecule has 2 rings (SSSR count). The molecule has 0 aliphatic rings. The Balaban J connectivity index is 2.18. The van der Waals surface area contributed by atoms with E-state index in [0.717, 1.165) is 11.1 Å². The van der Waals surface area contributed by atoms with Crippen molar-refractivity contribution in [2.75, 3.05) is 0 Å². The summed E-state index contributed by atoms with van der Waals surface area (Å²) in [5.41, 5.74) is 1.65. The van der Waals surface area contributed by atoms with Crippen molar-refractivity contribution in [1.82, 2.24) is 26.6 Å². The van der Waals surface area contributed by atoms with Crippen molar-refractivity contribution in [3.05, 3.63) is 71.8 Å². The molecule has 0 fully saturated rings. The van der Waals surface area contributed by atoms with E-state index >= 15 is 0 Å². The van der Waals surface area contributed by atoms with Crippen LogP contribution in [-0.4, -0.2) is 76.9 Å². The van der Waals surface area contributed by atoms with Crippen LogP contribution in [0.25, 0.3) is 0 Å². The Morgan fingerprint density at radius 3 is 1.68 bits per heavy atom. The van der Waals surface area contributed by atoms with Crippen molar-refractivity contribution in [1.29, 1.82) is 0 Å². The molecular formula is C46H71N5O8.